The lowest BCUT2D eigenvalue weighted by molar-refractivity contribution is 0.200. The molecule has 0 heterocycles. The molecule has 0 spiro atoms. The average molecular weight is 434 g/mol. The van der Waals surface area contributed by atoms with Gasteiger partial charge >= 0.3 is 0 Å². The van der Waals surface area contributed by atoms with E-state index in [-0.39, 0.29) is 6.10 Å². The molecule has 166 valence electrons. The molecule has 0 unspecified atom stereocenters. The van der Waals surface area contributed by atoms with Crippen LogP contribution in [0.25, 0.3) is 0 Å². The van der Waals surface area contributed by atoms with Crippen LogP contribution < -0.4 is 9.47 Å². The van der Waals surface area contributed by atoms with Gasteiger partial charge in [0, 0.05) is 6.16 Å². The molecule has 0 amide bonds. The van der Waals surface area contributed by atoms with E-state index in [1.165, 1.54) is 12.8 Å². The molecule has 0 saturated heterocycles. The van der Waals surface area contributed by atoms with Crippen LogP contribution in [0.1, 0.15) is 70.8 Å². The summed E-state index contributed by atoms with van der Waals surface area (Å²) in [6, 6.07) is 8.75. The standard InChI is InChI=1S/C24H36NO4P/c1-4-27-30(28-5-2)17-19-12-14-24(18-25,15-13-19)20-10-11-22(26-3)23(16-20)29-21-8-6-7-9-21/h10-11,16,19,21H,4-9,12-15,17H2,1-3H3. The van der Waals surface area contributed by atoms with Crippen molar-refractivity contribution in [3.05, 3.63) is 23.8 Å². The van der Waals surface area contributed by atoms with Gasteiger partial charge in [-0.05, 0) is 88.8 Å². The Morgan fingerprint density at radius 3 is 2.27 bits per heavy atom. The van der Waals surface area contributed by atoms with Gasteiger partial charge in [0.25, 0.3) is 0 Å². The minimum atomic E-state index is -0.812. The fourth-order valence-corrected chi connectivity index (χ4v) is 6.36. The van der Waals surface area contributed by atoms with Gasteiger partial charge in [0.15, 0.2) is 19.9 Å². The van der Waals surface area contributed by atoms with Crippen LogP contribution in [0.4, 0.5) is 0 Å². The largest absolute Gasteiger partial charge is 0.493 e. The van der Waals surface area contributed by atoms with E-state index in [1.54, 1.807) is 7.11 Å². The predicted molar refractivity (Wildman–Crippen MR) is 120 cm³/mol. The van der Waals surface area contributed by atoms with Crippen LogP contribution in [0.2, 0.25) is 0 Å². The number of methoxy groups -OCH3 is 1. The molecular weight excluding hydrogens is 397 g/mol. The zero-order valence-corrected chi connectivity index (χ0v) is 19.6. The maximum absolute atomic E-state index is 10.2. The summed E-state index contributed by atoms with van der Waals surface area (Å²) in [5, 5.41) is 10.2. The molecule has 0 N–H and O–H groups in total. The number of nitrogens with zero attached hydrogens (tertiary/aromatic N) is 1. The Kier molecular flexibility index (Phi) is 8.81. The Labute approximate surface area is 183 Å². The molecule has 3 rings (SSSR count). The van der Waals surface area contributed by atoms with E-state index < -0.39 is 13.8 Å². The molecule has 1 aromatic carbocycles. The van der Waals surface area contributed by atoms with Gasteiger partial charge in [-0.3, -0.25) is 0 Å². The first kappa shape index (κ1) is 23.3. The predicted octanol–water partition coefficient (Wildman–Crippen LogP) is 6.35. The second-order valence-electron chi connectivity index (χ2n) is 8.38. The van der Waals surface area contributed by atoms with E-state index >= 15 is 0 Å². The van der Waals surface area contributed by atoms with Gasteiger partial charge in [0.2, 0.25) is 0 Å². The smallest absolute Gasteiger partial charge is 0.170 e. The van der Waals surface area contributed by atoms with Gasteiger partial charge < -0.3 is 18.5 Å². The minimum Gasteiger partial charge on any atom is -0.493 e. The molecule has 0 aliphatic heterocycles. The van der Waals surface area contributed by atoms with Gasteiger partial charge in [0.05, 0.1) is 37.9 Å². The number of benzene rings is 1. The topological polar surface area (TPSA) is 60.7 Å². The lowest BCUT2D eigenvalue weighted by Crippen LogP contribution is -2.31. The highest BCUT2D eigenvalue weighted by molar-refractivity contribution is 7.47. The number of hydrogen-bond donors (Lipinski definition) is 0. The summed E-state index contributed by atoms with van der Waals surface area (Å²) in [7, 11) is 0.865. The highest BCUT2D eigenvalue weighted by Gasteiger charge is 2.38. The van der Waals surface area contributed by atoms with Crippen LogP contribution in [-0.2, 0) is 14.5 Å². The third kappa shape index (κ3) is 5.67. The van der Waals surface area contributed by atoms with Crippen molar-refractivity contribution in [3.63, 3.8) is 0 Å². The lowest BCUT2D eigenvalue weighted by Gasteiger charge is -2.36. The SMILES string of the molecule is CCOP(CC1CCC(C#N)(c2ccc(OC)c(OC3CCCC3)c2)CC1)OCC. The molecule has 2 saturated carbocycles. The highest BCUT2D eigenvalue weighted by atomic mass is 31.2. The monoisotopic (exact) mass is 433 g/mol. The van der Waals surface area contributed by atoms with Crippen LogP contribution in [-0.4, -0.2) is 32.6 Å². The summed E-state index contributed by atoms with van der Waals surface area (Å²) in [6.07, 6.45) is 9.66. The first-order valence-electron chi connectivity index (χ1n) is 11.4. The molecule has 0 atom stereocenters. The summed E-state index contributed by atoms with van der Waals surface area (Å²) in [5.41, 5.74) is 0.616. The molecule has 2 aliphatic rings. The van der Waals surface area contributed by atoms with Gasteiger partial charge in [-0.25, -0.2) is 0 Å². The second-order valence-corrected chi connectivity index (χ2v) is 9.93. The van der Waals surface area contributed by atoms with E-state index in [0.29, 0.717) is 19.1 Å². The second kappa shape index (κ2) is 11.3. The third-order valence-electron chi connectivity index (χ3n) is 6.44. The highest BCUT2D eigenvalue weighted by Crippen LogP contribution is 2.48. The summed E-state index contributed by atoms with van der Waals surface area (Å²) in [5.74, 6) is 2.10. The average Bonchev–Trinajstić information content (AvgIpc) is 3.28. The molecular formula is C24H36NO4P. The Morgan fingerprint density at radius 2 is 1.70 bits per heavy atom. The van der Waals surface area contributed by atoms with Crippen molar-refractivity contribution >= 4 is 8.38 Å². The van der Waals surface area contributed by atoms with Crippen molar-refractivity contribution in [2.45, 2.75) is 76.7 Å². The maximum atomic E-state index is 10.2. The van der Waals surface area contributed by atoms with E-state index in [4.69, 9.17) is 18.5 Å². The first-order valence-corrected chi connectivity index (χ1v) is 12.8. The summed E-state index contributed by atoms with van der Waals surface area (Å²) < 4.78 is 23.4. The normalized spacial score (nSPS) is 24.7. The van der Waals surface area contributed by atoms with E-state index in [1.807, 2.05) is 19.9 Å². The summed E-state index contributed by atoms with van der Waals surface area (Å²) in [4.78, 5) is 0. The molecule has 1 aromatic rings. The van der Waals surface area contributed by atoms with Gasteiger partial charge in [-0.1, -0.05) is 6.07 Å². The third-order valence-corrected chi connectivity index (χ3v) is 8.35. The zero-order valence-electron chi connectivity index (χ0n) is 18.7. The van der Waals surface area contributed by atoms with Crippen LogP contribution >= 0.6 is 8.38 Å². The minimum absolute atomic E-state index is 0.263. The van der Waals surface area contributed by atoms with E-state index in [0.717, 1.165) is 61.7 Å². The summed E-state index contributed by atoms with van der Waals surface area (Å²) in [6.45, 7) is 5.42. The van der Waals surface area contributed by atoms with Crippen LogP contribution in [0.5, 0.6) is 11.5 Å². The fraction of sp³-hybridized carbons (Fsp3) is 0.708. The number of rotatable bonds is 10. The molecule has 0 radical (unpaired) electrons. The number of hydrogen-bond acceptors (Lipinski definition) is 5. The molecule has 5 nitrogen and oxygen atoms in total. The molecule has 0 aromatic heterocycles. The van der Waals surface area contributed by atoms with E-state index in [2.05, 4.69) is 18.2 Å². The Balaban J connectivity index is 1.70. The Hall–Kier alpha value is -1.34. The van der Waals surface area contributed by atoms with E-state index in [9.17, 15) is 5.26 Å². The Morgan fingerprint density at radius 1 is 1.03 bits per heavy atom. The first-order chi connectivity index (χ1) is 14.6. The fourth-order valence-electron chi connectivity index (χ4n) is 4.71. The van der Waals surface area contributed by atoms with Crippen molar-refractivity contribution in [1.29, 1.82) is 5.26 Å². The zero-order chi connectivity index (χ0) is 21.4. The van der Waals surface area contributed by atoms with Gasteiger partial charge in [-0.15, -0.1) is 0 Å². The van der Waals surface area contributed by atoms with Crippen LogP contribution in [0.3, 0.4) is 0 Å². The molecule has 0 bridgehead atoms. The maximum Gasteiger partial charge on any atom is 0.170 e. The number of nitriles is 1. The number of ether oxygens (including phenoxy) is 2. The lowest BCUT2D eigenvalue weighted by atomic mass is 9.68. The molecule has 30 heavy (non-hydrogen) atoms. The quantitative estimate of drug-likeness (QED) is 0.402. The van der Waals surface area contributed by atoms with Gasteiger partial charge in [0.1, 0.15) is 0 Å². The van der Waals surface area contributed by atoms with Crippen molar-refractivity contribution in [2.24, 2.45) is 5.92 Å². The van der Waals surface area contributed by atoms with Crippen molar-refractivity contribution in [3.8, 4) is 17.6 Å². The molecule has 2 fully saturated rings. The molecule has 2 aliphatic carbocycles. The van der Waals surface area contributed by atoms with Gasteiger partial charge in [-0.2, -0.15) is 5.26 Å². The van der Waals surface area contributed by atoms with Crippen molar-refractivity contribution < 1.29 is 18.5 Å². The molecule has 6 heteroatoms. The van der Waals surface area contributed by atoms with Crippen LogP contribution in [0.15, 0.2) is 18.2 Å². The van der Waals surface area contributed by atoms with Crippen molar-refractivity contribution in [1.82, 2.24) is 0 Å². The Bertz CT molecular complexity index is 700. The van der Waals surface area contributed by atoms with Crippen LogP contribution in [0, 0.1) is 17.2 Å². The summed E-state index contributed by atoms with van der Waals surface area (Å²) >= 11 is 0. The van der Waals surface area contributed by atoms with Crippen molar-refractivity contribution in [2.75, 3.05) is 26.5 Å².